The van der Waals surface area contributed by atoms with Gasteiger partial charge in [0, 0.05) is 20.5 Å². The molecule has 0 radical (unpaired) electrons. The van der Waals surface area contributed by atoms with Crippen molar-refractivity contribution in [3.05, 3.63) is 0 Å². The van der Waals surface area contributed by atoms with Gasteiger partial charge in [0.2, 0.25) is 5.60 Å². The fraction of sp³-hybridized carbons (Fsp3) is 0.800. The number of aliphatic carboxylic acids is 1. The Morgan fingerprint density at radius 3 is 2.33 bits per heavy atom. The molecule has 5 heteroatoms. The predicted molar refractivity (Wildman–Crippen MR) is 53.5 cm³/mol. The molecule has 0 heterocycles. The molecule has 5 nitrogen and oxygen atoms in total. The van der Waals surface area contributed by atoms with E-state index >= 15 is 0 Å². The Labute approximate surface area is 89.0 Å². The van der Waals surface area contributed by atoms with Gasteiger partial charge in [-0.15, -0.1) is 0 Å². The number of rotatable bonds is 4. The van der Waals surface area contributed by atoms with Gasteiger partial charge in [-0.1, -0.05) is 12.8 Å². The van der Waals surface area contributed by atoms with Crippen molar-refractivity contribution in [1.29, 1.82) is 0 Å². The van der Waals surface area contributed by atoms with E-state index in [2.05, 4.69) is 0 Å². The van der Waals surface area contributed by atoms with Crippen LogP contribution in [0.4, 0.5) is 4.79 Å². The molecule has 0 bridgehead atoms. The third-order valence-electron chi connectivity index (χ3n) is 2.51. The molecule has 1 atom stereocenters. The molecule has 0 aromatic rings. The van der Waals surface area contributed by atoms with Gasteiger partial charge in [-0.05, 0) is 12.8 Å². The van der Waals surface area contributed by atoms with Crippen LogP contribution in [0.1, 0.15) is 26.2 Å². The van der Waals surface area contributed by atoms with Gasteiger partial charge in [0.05, 0.1) is 0 Å². The van der Waals surface area contributed by atoms with Crippen molar-refractivity contribution < 1.29 is 19.4 Å². The number of hydrogen-bond donors (Lipinski definition) is 1. The first-order valence-electron chi connectivity index (χ1n) is 4.99. The average Bonchev–Trinajstić information content (AvgIpc) is 2.87. The first kappa shape index (κ1) is 11.8. The van der Waals surface area contributed by atoms with Crippen molar-refractivity contribution in [3.63, 3.8) is 0 Å². The molecule has 15 heavy (non-hydrogen) atoms. The summed E-state index contributed by atoms with van der Waals surface area (Å²) in [4.78, 5) is 23.6. The zero-order chi connectivity index (χ0) is 11.6. The molecule has 0 unspecified atom stereocenters. The van der Waals surface area contributed by atoms with Crippen molar-refractivity contribution in [2.45, 2.75) is 31.8 Å². The highest BCUT2D eigenvalue weighted by atomic mass is 16.6. The number of carboxylic acid groups (broad SMARTS) is 1. The third-order valence-corrected chi connectivity index (χ3v) is 2.51. The quantitative estimate of drug-likeness (QED) is 0.768. The summed E-state index contributed by atoms with van der Waals surface area (Å²) < 4.78 is 5.00. The highest BCUT2D eigenvalue weighted by Gasteiger charge is 2.42. The van der Waals surface area contributed by atoms with Gasteiger partial charge in [0.25, 0.3) is 0 Å². The van der Waals surface area contributed by atoms with E-state index in [0.717, 1.165) is 12.8 Å². The minimum absolute atomic E-state index is 0.390. The summed E-state index contributed by atoms with van der Waals surface area (Å²) in [6.45, 7) is 1.45. The second-order valence-corrected chi connectivity index (χ2v) is 4.45. The molecule has 0 spiro atoms. The maximum absolute atomic E-state index is 11.3. The van der Waals surface area contributed by atoms with Crippen LogP contribution in [0.15, 0.2) is 0 Å². The average molecular weight is 215 g/mol. The Hall–Kier alpha value is -1.26. The van der Waals surface area contributed by atoms with E-state index in [4.69, 9.17) is 9.84 Å². The highest BCUT2D eigenvalue weighted by molar-refractivity contribution is 5.81. The second kappa shape index (κ2) is 4.08. The normalized spacial score (nSPS) is 19.1. The Bertz CT molecular complexity index is 273. The predicted octanol–water partition coefficient (Wildman–Crippen LogP) is 1.33. The standard InChI is InChI=1S/C10H17NO4/c1-10(8(12)13,6-7-4-5-7)15-9(14)11(2)3/h7H,4-6H2,1-3H3,(H,12,13)/t10-/m1/s1. The minimum Gasteiger partial charge on any atom is -0.478 e. The van der Waals surface area contributed by atoms with Crippen LogP contribution in [0.3, 0.4) is 0 Å². The number of carbonyl (C=O) groups is 2. The van der Waals surface area contributed by atoms with Gasteiger partial charge in [0.15, 0.2) is 0 Å². The molecule has 0 aliphatic heterocycles. The van der Waals surface area contributed by atoms with Crippen LogP contribution >= 0.6 is 0 Å². The van der Waals surface area contributed by atoms with Crippen LogP contribution in [0, 0.1) is 5.92 Å². The lowest BCUT2D eigenvalue weighted by molar-refractivity contribution is -0.158. The van der Waals surface area contributed by atoms with Gasteiger partial charge >= 0.3 is 12.1 Å². The molecule has 1 aliphatic rings. The van der Waals surface area contributed by atoms with Crippen molar-refractivity contribution in [3.8, 4) is 0 Å². The van der Waals surface area contributed by atoms with Crippen molar-refractivity contribution in [2.75, 3.05) is 14.1 Å². The van der Waals surface area contributed by atoms with Crippen molar-refractivity contribution >= 4 is 12.1 Å². The monoisotopic (exact) mass is 215 g/mol. The Morgan fingerprint density at radius 1 is 1.47 bits per heavy atom. The van der Waals surface area contributed by atoms with E-state index in [1.807, 2.05) is 0 Å². The van der Waals surface area contributed by atoms with Crippen LogP contribution in [-0.2, 0) is 9.53 Å². The minimum atomic E-state index is -1.39. The summed E-state index contributed by atoms with van der Waals surface area (Å²) in [5.74, 6) is -0.689. The summed E-state index contributed by atoms with van der Waals surface area (Å²) >= 11 is 0. The van der Waals surface area contributed by atoms with Crippen LogP contribution in [0.5, 0.6) is 0 Å². The third kappa shape index (κ3) is 3.11. The SMILES string of the molecule is CN(C)C(=O)O[C@](C)(CC1CC1)C(=O)O. The molecule has 0 aromatic carbocycles. The van der Waals surface area contributed by atoms with Crippen LogP contribution in [-0.4, -0.2) is 41.8 Å². The summed E-state index contributed by atoms with van der Waals surface area (Å²) in [5, 5.41) is 9.04. The largest absolute Gasteiger partial charge is 0.478 e. The second-order valence-electron chi connectivity index (χ2n) is 4.45. The van der Waals surface area contributed by atoms with E-state index in [1.54, 1.807) is 0 Å². The molecule has 1 fully saturated rings. The van der Waals surface area contributed by atoms with Crippen LogP contribution in [0.25, 0.3) is 0 Å². The lowest BCUT2D eigenvalue weighted by atomic mass is 9.99. The molecule has 1 aliphatic carbocycles. The molecule has 1 N–H and O–H groups in total. The molecule has 1 amide bonds. The zero-order valence-electron chi connectivity index (χ0n) is 9.32. The number of carbonyl (C=O) groups excluding carboxylic acids is 1. The van der Waals surface area contributed by atoms with E-state index in [-0.39, 0.29) is 0 Å². The van der Waals surface area contributed by atoms with Crippen molar-refractivity contribution in [1.82, 2.24) is 4.90 Å². The number of hydrogen-bond acceptors (Lipinski definition) is 3. The molecule has 0 aromatic heterocycles. The Kier molecular flexibility index (Phi) is 3.21. The van der Waals surface area contributed by atoms with Crippen LogP contribution in [0.2, 0.25) is 0 Å². The summed E-state index contributed by atoms with van der Waals surface area (Å²) in [7, 11) is 3.06. The summed E-state index contributed by atoms with van der Waals surface area (Å²) in [6, 6.07) is 0. The number of carboxylic acids is 1. The van der Waals surface area contributed by atoms with Crippen LogP contribution < -0.4 is 0 Å². The molecule has 1 saturated carbocycles. The molecular formula is C10H17NO4. The first-order valence-corrected chi connectivity index (χ1v) is 4.99. The Balaban J connectivity index is 2.63. The molecule has 86 valence electrons. The van der Waals surface area contributed by atoms with Gasteiger partial charge in [-0.25, -0.2) is 9.59 Å². The number of nitrogens with zero attached hydrogens (tertiary/aromatic N) is 1. The molecular weight excluding hydrogens is 198 g/mol. The first-order chi connectivity index (χ1) is 6.85. The number of ether oxygens (including phenoxy) is 1. The number of amides is 1. The molecule has 1 rings (SSSR count). The lowest BCUT2D eigenvalue weighted by Gasteiger charge is -2.26. The smallest absolute Gasteiger partial charge is 0.410 e. The maximum Gasteiger partial charge on any atom is 0.410 e. The topological polar surface area (TPSA) is 66.8 Å². The van der Waals surface area contributed by atoms with E-state index in [0.29, 0.717) is 12.3 Å². The molecule has 0 saturated heterocycles. The summed E-state index contributed by atoms with van der Waals surface area (Å²) in [5.41, 5.74) is -1.39. The lowest BCUT2D eigenvalue weighted by Crippen LogP contribution is -2.43. The fourth-order valence-electron chi connectivity index (χ4n) is 1.33. The Morgan fingerprint density at radius 2 is 2.00 bits per heavy atom. The summed E-state index contributed by atoms with van der Waals surface area (Å²) in [6.07, 6.45) is 1.85. The van der Waals surface area contributed by atoms with Crippen molar-refractivity contribution in [2.24, 2.45) is 5.92 Å². The van der Waals surface area contributed by atoms with E-state index < -0.39 is 17.7 Å². The van der Waals surface area contributed by atoms with Gasteiger partial charge in [0.1, 0.15) is 0 Å². The van der Waals surface area contributed by atoms with Gasteiger partial charge in [-0.3, -0.25) is 0 Å². The van der Waals surface area contributed by atoms with E-state index in [9.17, 15) is 9.59 Å². The highest BCUT2D eigenvalue weighted by Crippen LogP contribution is 2.38. The van der Waals surface area contributed by atoms with Gasteiger partial charge in [-0.2, -0.15) is 0 Å². The fourth-order valence-corrected chi connectivity index (χ4v) is 1.33. The maximum atomic E-state index is 11.3. The van der Waals surface area contributed by atoms with Gasteiger partial charge < -0.3 is 14.7 Å². The zero-order valence-corrected chi connectivity index (χ0v) is 9.32. The van der Waals surface area contributed by atoms with E-state index in [1.165, 1.54) is 25.9 Å².